The van der Waals surface area contributed by atoms with E-state index in [0.717, 1.165) is 6.42 Å². The molecule has 0 aromatic heterocycles. The first-order valence-corrected chi connectivity index (χ1v) is 5.81. The molecule has 0 saturated heterocycles. The maximum Gasteiger partial charge on any atom is 0.320 e. The molecular formula is C12H21NO2. The molecule has 1 fully saturated rings. The molecule has 0 heterocycles. The topological polar surface area (TPSA) is 49.3 Å². The van der Waals surface area contributed by atoms with Gasteiger partial charge in [-0.05, 0) is 12.3 Å². The van der Waals surface area contributed by atoms with Gasteiger partial charge < -0.3 is 10.4 Å². The zero-order valence-electron chi connectivity index (χ0n) is 9.24. The van der Waals surface area contributed by atoms with Crippen LogP contribution >= 0.6 is 0 Å². The van der Waals surface area contributed by atoms with Gasteiger partial charge in [0.25, 0.3) is 0 Å². The average Bonchev–Trinajstić information content (AvgIpc) is 2.25. The van der Waals surface area contributed by atoms with Gasteiger partial charge >= 0.3 is 5.97 Å². The van der Waals surface area contributed by atoms with Crippen LogP contribution in [0, 0.1) is 5.92 Å². The van der Waals surface area contributed by atoms with Crippen molar-refractivity contribution in [3.8, 4) is 0 Å². The minimum absolute atomic E-state index is 0.397. The predicted molar refractivity (Wildman–Crippen MR) is 60.8 cm³/mol. The fourth-order valence-electron chi connectivity index (χ4n) is 2.25. The second kappa shape index (κ2) is 6.62. The highest BCUT2D eigenvalue weighted by Gasteiger charge is 2.22. The lowest BCUT2D eigenvalue weighted by atomic mass is 9.85. The van der Waals surface area contributed by atoms with E-state index in [1.54, 1.807) is 6.08 Å². The Labute approximate surface area is 91.6 Å². The van der Waals surface area contributed by atoms with E-state index in [0.29, 0.717) is 12.5 Å². The van der Waals surface area contributed by atoms with Gasteiger partial charge in [0.2, 0.25) is 0 Å². The molecule has 1 atom stereocenters. The Balaban J connectivity index is 2.34. The first-order chi connectivity index (χ1) is 7.24. The SMILES string of the molecule is C=CCNC(CC1CCCCC1)C(=O)O. The third kappa shape index (κ3) is 4.47. The summed E-state index contributed by atoms with van der Waals surface area (Å²) in [4.78, 5) is 11.0. The van der Waals surface area contributed by atoms with Crippen LogP contribution in [0.15, 0.2) is 12.7 Å². The van der Waals surface area contributed by atoms with Crippen molar-refractivity contribution < 1.29 is 9.90 Å². The molecule has 3 heteroatoms. The van der Waals surface area contributed by atoms with Gasteiger partial charge in [-0.3, -0.25) is 4.79 Å². The highest BCUT2D eigenvalue weighted by Crippen LogP contribution is 2.27. The van der Waals surface area contributed by atoms with Crippen molar-refractivity contribution in [2.75, 3.05) is 6.54 Å². The number of aliphatic carboxylic acids is 1. The lowest BCUT2D eigenvalue weighted by Crippen LogP contribution is -2.38. The van der Waals surface area contributed by atoms with Gasteiger partial charge in [-0.2, -0.15) is 0 Å². The van der Waals surface area contributed by atoms with Crippen LogP contribution < -0.4 is 5.32 Å². The van der Waals surface area contributed by atoms with E-state index in [1.807, 2.05) is 0 Å². The minimum atomic E-state index is -0.734. The number of hydrogen-bond acceptors (Lipinski definition) is 2. The Hall–Kier alpha value is -0.830. The molecule has 1 rings (SSSR count). The Morgan fingerprint density at radius 1 is 1.47 bits per heavy atom. The van der Waals surface area contributed by atoms with Crippen molar-refractivity contribution in [3.63, 3.8) is 0 Å². The molecule has 1 aliphatic carbocycles. The van der Waals surface area contributed by atoms with Gasteiger partial charge in [0.15, 0.2) is 0 Å². The molecule has 3 nitrogen and oxygen atoms in total. The van der Waals surface area contributed by atoms with E-state index in [-0.39, 0.29) is 0 Å². The second-order valence-corrected chi connectivity index (χ2v) is 4.33. The van der Waals surface area contributed by atoms with E-state index in [9.17, 15) is 4.79 Å². The molecule has 0 spiro atoms. The summed E-state index contributed by atoms with van der Waals surface area (Å²) in [6, 6.07) is -0.397. The summed E-state index contributed by atoms with van der Waals surface area (Å²) in [5.41, 5.74) is 0. The van der Waals surface area contributed by atoms with Crippen molar-refractivity contribution in [2.45, 2.75) is 44.6 Å². The van der Waals surface area contributed by atoms with E-state index in [2.05, 4.69) is 11.9 Å². The molecule has 2 N–H and O–H groups in total. The molecule has 86 valence electrons. The molecular weight excluding hydrogens is 190 g/mol. The number of nitrogens with one attached hydrogen (secondary N) is 1. The molecule has 0 radical (unpaired) electrons. The summed E-state index contributed by atoms with van der Waals surface area (Å²) < 4.78 is 0. The normalized spacial score (nSPS) is 19.7. The van der Waals surface area contributed by atoms with Crippen molar-refractivity contribution in [1.29, 1.82) is 0 Å². The summed E-state index contributed by atoms with van der Waals surface area (Å²) in [5.74, 6) is -0.139. The van der Waals surface area contributed by atoms with Gasteiger partial charge in [-0.15, -0.1) is 6.58 Å². The van der Waals surface area contributed by atoms with Crippen LogP contribution in [0.4, 0.5) is 0 Å². The van der Waals surface area contributed by atoms with E-state index >= 15 is 0 Å². The highest BCUT2D eigenvalue weighted by molar-refractivity contribution is 5.73. The van der Waals surface area contributed by atoms with Crippen LogP contribution in [-0.4, -0.2) is 23.7 Å². The smallest absolute Gasteiger partial charge is 0.320 e. The summed E-state index contributed by atoms with van der Waals surface area (Å²) in [5, 5.41) is 12.0. The quantitative estimate of drug-likeness (QED) is 0.662. The van der Waals surface area contributed by atoms with Gasteiger partial charge in [0.1, 0.15) is 6.04 Å². The lowest BCUT2D eigenvalue weighted by Gasteiger charge is -2.24. The summed E-state index contributed by atoms with van der Waals surface area (Å²) in [6.45, 7) is 4.16. The van der Waals surface area contributed by atoms with Gasteiger partial charge in [-0.1, -0.05) is 38.2 Å². The highest BCUT2D eigenvalue weighted by atomic mass is 16.4. The number of carbonyl (C=O) groups is 1. The first-order valence-electron chi connectivity index (χ1n) is 5.81. The summed E-state index contributed by atoms with van der Waals surface area (Å²) in [6.07, 6.45) is 8.70. The van der Waals surface area contributed by atoms with Crippen LogP contribution in [0.2, 0.25) is 0 Å². The molecule has 0 amide bonds. The number of rotatable bonds is 6. The Bertz CT molecular complexity index is 210. The van der Waals surface area contributed by atoms with Crippen molar-refractivity contribution >= 4 is 5.97 Å². The van der Waals surface area contributed by atoms with Crippen LogP contribution in [0.3, 0.4) is 0 Å². The van der Waals surface area contributed by atoms with Gasteiger partial charge in [0, 0.05) is 6.54 Å². The monoisotopic (exact) mass is 211 g/mol. The zero-order chi connectivity index (χ0) is 11.1. The molecule has 0 bridgehead atoms. The van der Waals surface area contributed by atoms with Gasteiger partial charge in [-0.25, -0.2) is 0 Å². The largest absolute Gasteiger partial charge is 0.480 e. The van der Waals surface area contributed by atoms with Crippen molar-refractivity contribution in [3.05, 3.63) is 12.7 Å². The molecule has 1 unspecified atom stereocenters. The Kier molecular flexibility index (Phi) is 5.40. The Morgan fingerprint density at radius 2 is 2.13 bits per heavy atom. The van der Waals surface area contributed by atoms with Gasteiger partial charge in [0.05, 0.1) is 0 Å². The molecule has 0 aromatic rings. The lowest BCUT2D eigenvalue weighted by molar-refractivity contribution is -0.140. The number of carboxylic acids is 1. The number of hydrogen-bond donors (Lipinski definition) is 2. The standard InChI is InChI=1S/C12H21NO2/c1-2-8-13-11(12(14)15)9-10-6-4-3-5-7-10/h2,10-11,13H,1,3-9H2,(H,14,15). The fraction of sp³-hybridized carbons (Fsp3) is 0.750. The van der Waals surface area contributed by atoms with Crippen molar-refractivity contribution in [1.82, 2.24) is 5.32 Å². The predicted octanol–water partition coefficient (Wildman–Crippen LogP) is 2.19. The summed E-state index contributed by atoms with van der Waals surface area (Å²) in [7, 11) is 0. The van der Waals surface area contributed by atoms with Crippen LogP contribution in [-0.2, 0) is 4.79 Å². The van der Waals surface area contributed by atoms with E-state index < -0.39 is 12.0 Å². The summed E-state index contributed by atoms with van der Waals surface area (Å²) >= 11 is 0. The third-order valence-corrected chi connectivity index (χ3v) is 3.10. The molecule has 0 aliphatic heterocycles. The number of carboxylic acid groups (broad SMARTS) is 1. The third-order valence-electron chi connectivity index (χ3n) is 3.10. The second-order valence-electron chi connectivity index (χ2n) is 4.33. The molecule has 1 saturated carbocycles. The fourth-order valence-corrected chi connectivity index (χ4v) is 2.25. The van der Waals surface area contributed by atoms with Crippen LogP contribution in [0.25, 0.3) is 0 Å². The van der Waals surface area contributed by atoms with Crippen LogP contribution in [0.5, 0.6) is 0 Å². The maximum atomic E-state index is 11.0. The molecule has 15 heavy (non-hydrogen) atoms. The minimum Gasteiger partial charge on any atom is -0.480 e. The molecule has 0 aromatic carbocycles. The van der Waals surface area contributed by atoms with E-state index in [1.165, 1.54) is 32.1 Å². The zero-order valence-corrected chi connectivity index (χ0v) is 9.24. The first kappa shape index (κ1) is 12.2. The molecule has 1 aliphatic rings. The maximum absolute atomic E-state index is 11.0. The van der Waals surface area contributed by atoms with Crippen LogP contribution in [0.1, 0.15) is 38.5 Å². The van der Waals surface area contributed by atoms with E-state index in [4.69, 9.17) is 5.11 Å². The van der Waals surface area contributed by atoms with Crippen molar-refractivity contribution in [2.24, 2.45) is 5.92 Å². The average molecular weight is 211 g/mol. The Morgan fingerprint density at radius 3 is 2.67 bits per heavy atom.